The molecule has 2 aromatic rings. The smallest absolute Gasteiger partial charge is 0.322 e. The minimum absolute atomic E-state index is 0.0875. The van der Waals surface area contributed by atoms with Crippen molar-refractivity contribution in [2.24, 2.45) is 5.73 Å². The maximum Gasteiger partial charge on any atom is 0.322 e. The second kappa shape index (κ2) is 17.4. The molecule has 250 valence electrons. The minimum atomic E-state index is -1.28. The number of carbonyl (C=O) groups excluding carboxylic acids is 3. The van der Waals surface area contributed by atoms with E-state index < -0.39 is 48.0 Å². The number of phenols is 1. The number of likely N-dealkylation sites (tertiary alicyclic amines) is 1. The van der Waals surface area contributed by atoms with Crippen LogP contribution < -0.4 is 16.4 Å². The van der Waals surface area contributed by atoms with Crippen LogP contribution in [-0.4, -0.2) is 98.9 Å². The van der Waals surface area contributed by atoms with Crippen LogP contribution in [0.1, 0.15) is 54.4 Å². The van der Waals surface area contributed by atoms with Crippen molar-refractivity contribution in [3.8, 4) is 5.75 Å². The predicted octanol–water partition coefficient (Wildman–Crippen LogP) is 2.07. The Balaban J connectivity index is 1.49. The highest BCUT2D eigenvalue weighted by atomic mass is 79.9. The number of piperidine rings is 1. The molecule has 1 aliphatic rings. The van der Waals surface area contributed by atoms with Crippen LogP contribution in [0.3, 0.4) is 0 Å². The van der Waals surface area contributed by atoms with E-state index in [0.29, 0.717) is 49.4 Å². The maximum atomic E-state index is 12.8. The molecule has 0 aliphatic carbocycles. The zero-order valence-electron chi connectivity index (χ0n) is 25.1. The lowest BCUT2D eigenvalue weighted by Gasteiger charge is -2.38. The molecule has 0 radical (unpaired) electrons. The van der Waals surface area contributed by atoms with Crippen LogP contribution in [0.5, 0.6) is 5.75 Å². The number of phenolic OH excluding ortho intramolecular Hbond substituents is 1. The third-order valence-corrected chi connectivity index (χ3v) is 9.38. The van der Waals surface area contributed by atoms with Gasteiger partial charge in [0.1, 0.15) is 24.4 Å². The first-order valence-electron chi connectivity index (χ1n) is 14.7. The summed E-state index contributed by atoms with van der Waals surface area (Å²) < 4.78 is 0.955. The number of hydrogen-bond donors (Lipinski definition) is 7. The van der Waals surface area contributed by atoms with Crippen molar-refractivity contribution in [1.82, 2.24) is 15.5 Å². The number of nitrogens with one attached hydrogen (secondary N) is 2. The number of ketones is 1. The van der Waals surface area contributed by atoms with Gasteiger partial charge in [0.05, 0.1) is 5.60 Å². The third-order valence-electron chi connectivity index (χ3n) is 7.69. The Kier molecular flexibility index (Phi) is 14.0. The molecule has 1 fully saturated rings. The summed E-state index contributed by atoms with van der Waals surface area (Å²) in [6, 6.07) is 9.67. The number of aliphatic hydroxyl groups is 1. The number of hydrogen-bond acceptors (Lipinski definition) is 10. The van der Waals surface area contributed by atoms with Gasteiger partial charge in [-0.25, -0.2) is 0 Å². The molecule has 2 amide bonds. The highest BCUT2D eigenvalue weighted by molar-refractivity contribution is 9.10. The highest BCUT2D eigenvalue weighted by Gasteiger charge is 2.33. The Morgan fingerprint density at radius 3 is 2.30 bits per heavy atom. The van der Waals surface area contributed by atoms with Crippen LogP contribution in [0.25, 0.3) is 0 Å². The van der Waals surface area contributed by atoms with Gasteiger partial charge in [0, 0.05) is 46.6 Å². The maximum absolute atomic E-state index is 12.8. The molecule has 0 saturated carbocycles. The van der Waals surface area contributed by atoms with E-state index in [0.717, 1.165) is 21.8 Å². The molecule has 46 heavy (non-hydrogen) atoms. The quantitative estimate of drug-likeness (QED) is 0.0922. The summed E-state index contributed by atoms with van der Waals surface area (Å²) in [6.45, 7) is 1.44. The number of halogens is 1. The lowest BCUT2D eigenvalue weighted by atomic mass is 9.84. The first kappa shape index (κ1) is 37.0. The van der Waals surface area contributed by atoms with Gasteiger partial charge in [0.25, 0.3) is 0 Å². The number of carboxylic acids is 2. The fourth-order valence-corrected chi connectivity index (χ4v) is 6.15. The summed E-state index contributed by atoms with van der Waals surface area (Å²) in [5, 5.41) is 44.1. The van der Waals surface area contributed by atoms with Gasteiger partial charge in [-0.3, -0.25) is 24.0 Å². The molecule has 1 aliphatic heterocycles. The standard InChI is InChI=1S/C31H39BrN4O9S/c32-21-6-4-20(5-7-21)31(45)11-14-36(15-12-31)13-1-2-24(37)19-3-9-26(25(38)16-19)46-18-23(29(42)34-17-28(40)41)35-27(39)10-8-22(33)30(43)44/h3-7,9,16,22-23,38,45H,1-2,8,10-15,17-18,33H2,(H,34,42)(H,35,39)(H,40,41)(H,43,44). The normalized spacial score (nSPS) is 15.8. The average molecular weight is 724 g/mol. The SMILES string of the molecule is NC(CCC(=O)NC(CSc1ccc(C(=O)CCCN2CCC(O)(c3ccc(Br)cc3)CC2)cc1O)C(=O)NCC(=O)O)C(=O)O. The van der Waals surface area contributed by atoms with Crippen molar-refractivity contribution in [2.75, 3.05) is 31.9 Å². The number of aromatic hydroxyl groups is 1. The molecular formula is C31H39BrN4O9S. The van der Waals surface area contributed by atoms with Gasteiger partial charge in [-0.05, 0) is 62.1 Å². The Bertz CT molecular complexity index is 1400. The van der Waals surface area contributed by atoms with Gasteiger partial charge in [-0.2, -0.15) is 0 Å². The summed E-state index contributed by atoms with van der Waals surface area (Å²) >= 11 is 4.43. The molecule has 1 saturated heterocycles. The topological polar surface area (TPSA) is 220 Å². The van der Waals surface area contributed by atoms with Crippen molar-refractivity contribution >= 4 is 57.2 Å². The van der Waals surface area contributed by atoms with Crippen molar-refractivity contribution < 1.29 is 44.4 Å². The van der Waals surface area contributed by atoms with Crippen molar-refractivity contribution in [3.63, 3.8) is 0 Å². The number of aliphatic carboxylic acids is 2. The summed E-state index contributed by atoms with van der Waals surface area (Å²) in [6.07, 6.45) is 1.64. The predicted molar refractivity (Wildman–Crippen MR) is 174 cm³/mol. The molecule has 8 N–H and O–H groups in total. The molecule has 2 aromatic carbocycles. The first-order chi connectivity index (χ1) is 21.8. The minimum Gasteiger partial charge on any atom is -0.507 e. The largest absolute Gasteiger partial charge is 0.507 e. The monoisotopic (exact) mass is 722 g/mol. The molecule has 2 atom stereocenters. The number of thioether (sulfide) groups is 1. The Morgan fingerprint density at radius 2 is 1.70 bits per heavy atom. The van der Waals surface area contributed by atoms with Crippen molar-refractivity contribution in [1.29, 1.82) is 0 Å². The first-order valence-corrected chi connectivity index (χ1v) is 16.5. The summed E-state index contributed by atoms with van der Waals surface area (Å²) in [5.41, 5.74) is 5.77. The molecule has 0 spiro atoms. The van der Waals surface area contributed by atoms with Gasteiger partial charge in [0.15, 0.2) is 5.78 Å². The van der Waals surface area contributed by atoms with E-state index in [1.165, 1.54) is 12.1 Å². The Hall–Kier alpha value is -3.50. The number of benzene rings is 2. The van der Waals surface area contributed by atoms with E-state index in [9.17, 15) is 34.2 Å². The number of nitrogens with two attached hydrogens (primary N) is 1. The summed E-state index contributed by atoms with van der Waals surface area (Å²) in [5.74, 6) is -4.40. The van der Waals surface area contributed by atoms with Gasteiger partial charge in [0.2, 0.25) is 11.8 Å². The highest BCUT2D eigenvalue weighted by Crippen LogP contribution is 2.34. The number of rotatable bonds is 17. The fourth-order valence-electron chi connectivity index (χ4n) is 4.93. The van der Waals surface area contributed by atoms with Gasteiger partial charge < -0.3 is 41.7 Å². The van der Waals surface area contributed by atoms with E-state index in [1.807, 2.05) is 24.3 Å². The van der Waals surface area contributed by atoms with Gasteiger partial charge in [-0.15, -0.1) is 11.8 Å². The number of amides is 2. The van der Waals surface area contributed by atoms with Crippen molar-refractivity contribution in [3.05, 3.63) is 58.1 Å². The molecule has 3 rings (SSSR count). The molecule has 13 nitrogen and oxygen atoms in total. The number of nitrogens with zero attached hydrogens (tertiary/aromatic N) is 1. The average Bonchev–Trinajstić information content (AvgIpc) is 3.02. The summed E-state index contributed by atoms with van der Waals surface area (Å²) in [4.78, 5) is 62.1. The zero-order valence-corrected chi connectivity index (χ0v) is 27.5. The molecular weight excluding hydrogens is 684 g/mol. The number of Topliss-reactive ketones (excluding diaryl/α,β-unsaturated/α-hetero) is 1. The van der Waals surface area contributed by atoms with E-state index in [-0.39, 0.29) is 36.5 Å². The lowest BCUT2D eigenvalue weighted by Crippen LogP contribution is -2.49. The third kappa shape index (κ3) is 11.4. The van der Waals surface area contributed by atoms with E-state index in [4.69, 9.17) is 15.9 Å². The van der Waals surface area contributed by atoms with Crippen molar-refractivity contribution in [2.45, 2.75) is 61.1 Å². The van der Waals surface area contributed by atoms with Gasteiger partial charge >= 0.3 is 11.9 Å². The van der Waals surface area contributed by atoms with Crippen LogP contribution in [-0.2, 0) is 24.8 Å². The second-order valence-electron chi connectivity index (χ2n) is 11.1. The zero-order chi connectivity index (χ0) is 33.9. The fraction of sp³-hybridized carbons (Fsp3) is 0.452. The van der Waals surface area contributed by atoms with Gasteiger partial charge in [-0.1, -0.05) is 34.1 Å². The van der Waals surface area contributed by atoms with Crippen LogP contribution in [0, 0.1) is 0 Å². The van der Waals surface area contributed by atoms with Crippen LogP contribution in [0.15, 0.2) is 51.8 Å². The Morgan fingerprint density at radius 1 is 1.02 bits per heavy atom. The van der Waals surface area contributed by atoms with E-state index >= 15 is 0 Å². The van der Waals surface area contributed by atoms with E-state index in [1.54, 1.807) is 6.07 Å². The molecule has 0 bridgehead atoms. The lowest BCUT2D eigenvalue weighted by molar-refractivity contribution is -0.139. The molecule has 0 aromatic heterocycles. The molecule has 1 heterocycles. The number of carboxylic acid groups (broad SMARTS) is 2. The number of carbonyl (C=O) groups is 5. The van der Waals surface area contributed by atoms with Crippen LogP contribution in [0.2, 0.25) is 0 Å². The second-order valence-corrected chi connectivity index (χ2v) is 13.1. The molecule has 2 unspecified atom stereocenters. The van der Waals surface area contributed by atoms with Crippen LogP contribution >= 0.6 is 27.7 Å². The molecule has 15 heteroatoms. The Labute approximate surface area is 279 Å². The van der Waals surface area contributed by atoms with Crippen LogP contribution in [0.4, 0.5) is 0 Å². The van der Waals surface area contributed by atoms with E-state index in [2.05, 4.69) is 31.5 Å². The summed E-state index contributed by atoms with van der Waals surface area (Å²) in [7, 11) is 0.